The van der Waals surface area contributed by atoms with Gasteiger partial charge in [0.05, 0.1) is 6.61 Å². The Morgan fingerprint density at radius 1 is 1.08 bits per heavy atom. The minimum absolute atomic E-state index is 0.0215. The molecule has 2 aromatic carbocycles. The number of para-hydroxylation sites is 1. The van der Waals surface area contributed by atoms with Crippen LogP contribution in [-0.2, 0) is 11.2 Å². The molecule has 2 unspecified atom stereocenters. The van der Waals surface area contributed by atoms with E-state index in [2.05, 4.69) is 61.6 Å². The van der Waals surface area contributed by atoms with Gasteiger partial charge in [0.1, 0.15) is 11.9 Å². The molecule has 0 amide bonds. The third-order valence-electron chi connectivity index (χ3n) is 4.28. The highest BCUT2D eigenvalue weighted by Crippen LogP contribution is 2.30. The minimum Gasteiger partial charge on any atom is -0.483 e. The largest absolute Gasteiger partial charge is 0.483 e. The number of benzene rings is 2. The maximum atomic E-state index is 6.51. The SMILES string of the molecule is CC(C)Cc1ccccc1OC(c1ccccc1)C1CNCCO1. The Kier molecular flexibility index (Phi) is 5.89. The van der Waals surface area contributed by atoms with Gasteiger partial charge >= 0.3 is 0 Å². The van der Waals surface area contributed by atoms with E-state index in [0.29, 0.717) is 5.92 Å². The molecule has 0 saturated carbocycles. The average Bonchev–Trinajstić information content (AvgIpc) is 2.62. The number of nitrogens with one attached hydrogen (secondary N) is 1. The summed E-state index contributed by atoms with van der Waals surface area (Å²) < 4.78 is 12.5. The van der Waals surface area contributed by atoms with Crippen molar-refractivity contribution in [1.29, 1.82) is 0 Å². The second-order valence-electron chi connectivity index (χ2n) is 6.77. The first-order valence-corrected chi connectivity index (χ1v) is 8.86. The summed E-state index contributed by atoms with van der Waals surface area (Å²) in [6.45, 7) is 6.91. The van der Waals surface area contributed by atoms with E-state index in [1.165, 1.54) is 5.56 Å². The Morgan fingerprint density at radius 2 is 1.83 bits per heavy atom. The Morgan fingerprint density at radius 3 is 2.54 bits per heavy atom. The molecule has 3 heteroatoms. The van der Waals surface area contributed by atoms with E-state index in [-0.39, 0.29) is 12.2 Å². The monoisotopic (exact) mass is 325 g/mol. The molecule has 1 aliphatic heterocycles. The van der Waals surface area contributed by atoms with Crippen LogP contribution < -0.4 is 10.1 Å². The first kappa shape index (κ1) is 17.0. The van der Waals surface area contributed by atoms with Crippen molar-refractivity contribution in [3.63, 3.8) is 0 Å². The van der Waals surface area contributed by atoms with Crippen LogP contribution in [0.25, 0.3) is 0 Å². The maximum Gasteiger partial charge on any atom is 0.151 e. The van der Waals surface area contributed by atoms with E-state index in [1.54, 1.807) is 0 Å². The number of morpholine rings is 1. The summed E-state index contributed by atoms with van der Waals surface area (Å²) in [7, 11) is 0. The van der Waals surface area contributed by atoms with Crippen LogP contribution in [0.15, 0.2) is 54.6 Å². The van der Waals surface area contributed by atoms with E-state index in [9.17, 15) is 0 Å². The highest BCUT2D eigenvalue weighted by Gasteiger charge is 2.28. The summed E-state index contributed by atoms with van der Waals surface area (Å²) in [6, 6.07) is 18.8. The third kappa shape index (κ3) is 4.37. The molecule has 3 rings (SSSR count). The standard InChI is InChI=1S/C21H27NO2/c1-16(2)14-18-10-6-7-11-19(18)24-21(17-8-4-3-5-9-17)20-15-22-12-13-23-20/h3-11,16,20-22H,12-15H2,1-2H3. The first-order chi connectivity index (χ1) is 11.7. The van der Waals surface area contributed by atoms with Crippen molar-refractivity contribution < 1.29 is 9.47 Å². The molecule has 0 bridgehead atoms. The lowest BCUT2D eigenvalue weighted by Gasteiger charge is -2.32. The van der Waals surface area contributed by atoms with Gasteiger partial charge in [-0.15, -0.1) is 0 Å². The molecule has 1 fully saturated rings. The Labute approximate surface area is 145 Å². The van der Waals surface area contributed by atoms with Crippen LogP contribution in [-0.4, -0.2) is 25.8 Å². The Bertz CT molecular complexity index is 621. The molecule has 2 aromatic rings. The highest BCUT2D eigenvalue weighted by atomic mass is 16.5. The van der Waals surface area contributed by atoms with Crippen LogP contribution in [0.5, 0.6) is 5.75 Å². The van der Waals surface area contributed by atoms with Crippen molar-refractivity contribution in [2.24, 2.45) is 5.92 Å². The molecule has 1 saturated heterocycles. The predicted octanol–water partition coefficient (Wildman–Crippen LogP) is 3.99. The second kappa shape index (κ2) is 8.32. The first-order valence-electron chi connectivity index (χ1n) is 8.86. The average molecular weight is 325 g/mol. The summed E-state index contributed by atoms with van der Waals surface area (Å²) >= 11 is 0. The van der Waals surface area contributed by atoms with Crippen molar-refractivity contribution in [1.82, 2.24) is 5.32 Å². The van der Waals surface area contributed by atoms with Crippen LogP contribution in [0.2, 0.25) is 0 Å². The number of hydrogen-bond acceptors (Lipinski definition) is 3. The molecule has 128 valence electrons. The van der Waals surface area contributed by atoms with E-state index in [0.717, 1.165) is 37.4 Å². The van der Waals surface area contributed by atoms with Gasteiger partial charge in [0.15, 0.2) is 6.10 Å². The molecule has 0 radical (unpaired) electrons. The van der Waals surface area contributed by atoms with Gasteiger partial charge in [0.25, 0.3) is 0 Å². The zero-order chi connectivity index (χ0) is 16.8. The van der Waals surface area contributed by atoms with Crippen molar-refractivity contribution >= 4 is 0 Å². The molecule has 0 spiro atoms. The lowest BCUT2D eigenvalue weighted by molar-refractivity contribution is -0.0435. The van der Waals surface area contributed by atoms with Crippen LogP contribution >= 0.6 is 0 Å². The van der Waals surface area contributed by atoms with Crippen LogP contribution in [0.1, 0.15) is 31.1 Å². The molecule has 3 nitrogen and oxygen atoms in total. The Hall–Kier alpha value is -1.84. The van der Waals surface area contributed by atoms with E-state index >= 15 is 0 Å². The molecule has 2 atom stereocenters. The van der Waals surface area contributed by atoms with E-state index < -0.39 is 0 Å². The third-order valence-corrected chi connectivity index (χ3v) is 4.28. The van der Waals surface area contributed by atoms with Crippen molar-refractivity contribution in [3.05, 3.63) is 65.7 Å². The molecule has 24 heavy (non-hydrogen) atoms. The molecule has 1 N–H and O–H groups in total. The van der Waals surface area contributed by atoms with Gasteiger partial charge in [-0.05, 0) is 29.5 Å². The zero-order valence-electron chi connectivity index (χ0n) is 14.6. The fourth-order valence-corrected chi connectivity index (χ4v) is 3.15. The summed E-state index contributed by atoms with van der Waals surface area (Å²) in [5.41, 5.74) is 2.42. The maximum absolute atomic E-state index is 6.51. The van der Waals surface area contributed by atoms with Gasteiger partial charge in [-0.25, -0.2) is 0 Å². The smallest absolute Gasteiger partial charge is 0.151 e. The molecule has 1 aliphatic rings. The van der Waals surface area contributed by atoms with Crippen LogP contribution in [0.4, 0.5) is 0 Å². The van der Waals surface area contributed by atoms with Crippen molar-refractivity contribution in [2.75, 3.05) is 19.7 Å². The van der Waals surface area contributed by atoms with Crippen LogP contribution in [0, 0.1) is 5.92 Å². The molecular formula is C21H27NO2. The van der Waals surface area contributed by atoms with Crippen LogP contribution in [0.3, 0.4) is 0 Å². The molecule has 1 heterocycles. The fourth-order valence-electron chi connectivity index (χ4n) is 3.15. The van der Waals surface area contributed by atoms with Gasteiger partial charge < -0.3 is 14.8 Å². The summed E-state index contributed by atoms with van der Waals surface area (Å²) in [5, 5.41) is 3.41. The lowest BCUT2D eigenvalue weighted by Crippen LogP contribution is -2.43. The summed E-state index contributed by atoms with van der Waals surface area (Å²) in [4.78, 5) is 0. The highest BCUT2D eigenvalue weighted by molar-refractivity contribution is 5.35. The Balaban J connectivity index is 1.87. The molecule has 0 aromatic heterocycles. The molecule has 0 aliphatic carbocycles. The fraction of sp³-hybridized carbons (Fsp3) is 0.429. The zero-order valence-corrected chi connectivity index (χ0v) is 14.6. The van der Waals surface area contributed by atoms with Crippen molar-refractivity contribution in [2.45, 2.75) is 32.5 Å². The van der Waals surface area contributed by atoms with Gasteiger partial charge in [-0.1, -0.05) is 62.4 Å². The predicted molar refractivity (Wildman–Crippen MR) is 97.4 cm³/mol. The van der Waals surface area contributed by atoms with E-state index in [1.807, 2.05) is 12.1 Å². The normalized spacial score (nSPS) is 19.2. The van der Waals surface area contributed by atoms with Gasteiger partial charge in [-0.3, -0.25) is 0 Å². The lowest BCUT2D eigenvalue weighted by atomic mass is 10.0. The van der Waals surface area contributed by atoms with Gasteiger partial charge in [-0.2, -0.15) is 0 Å². The minimum atomic E-state index is -0.104. The van der Waals surface area contributed by atoms with Crippen molar-refractivity contribution in [3.8, 4) is 5.75 Å². The molecular weight excluding hydrogens is 298 g/mol. The number of hydrogen-bond donors (Lipinski definition) is 1. The van der Waals surface area contributed by atoms with Gasteiger partial charge in [0, 0.05) is 13.1 Å². The quantitative estimate of drug-likeness (QED) is 0.871. The summed E-state index contributed by atoms with van der Waals surface area (Å²) in [6.07, 6.45) is 0.933. The number of ether oxygens (including phenoxy) is 2. The van der Waals surface area contributed by atoms with E-state index in [4.69, 9.17) is 9.47 Å². The van der Waals surface area contributed by atoms with Gasteiger partial charge in [0.2, 0.25) is 0 Å². The topological polar surface area (TPSA) is 30.5 Å². The second-order valence-corrected chi connectivity index (χ2v) is 6.77. The summed E-state index contributed by atoms with van der Waals surface area (Å²) in [5.74, 6) is 1.56. The number of rotatable bonds is 6.